The van der Waals surface area contributed by atoms with E-state index in [1.54, 1.807) is 6.92 Å². The minimum atomic E-state index is -0.0436. The summed E-state index contributed by atoms with van der Waals surface area (Å²) in [7, 11) is 0. The van der Waals surface area contributed by atoms with Gasteiger partial charge in [0.2, 0.25) is 0 Å². The number of nitrogens with zero attached hydrogens (tertiary/aromatic N) is 2. The van der Waals surface area contributed by atoms with Gasteiger partial charge in [-0.3, -0.25) is 5.41 Å². The van der Waals surface area contributed by atoms with Crippen molar-refractivity contribution in [3.8, 4) is 0 Å². The average molecular weight is 196 g/mol. The number of amidine groups is 1. The molecule has 1 aliphatic rings. The molecule has 1 aromatic heterocycles. The molecule has 0 bridgehead atoms. The largest absolute Gasteiger partial charge is 0.412 e. The zero-order valence-corrected chi connectivity index (χ0v) is 7.68. The summed E-state index contributed by atoms with van der Waals surface area (Å²) < 4.78 is 0. The van der Waals surface area contributed by atoms with Crippen LogP contribution in [0.4, 0.5) is 11.5 Å². The van der Waals surface area contributed by atoms with Crippen molar-refractivity contribution in [2.45, 2.75) is 6.92 Å². The molecule has 0 fully saturated rings. The van der Waals surface area contributed by atoms with Gasteiger partial charge in [-0.25, -0.2) is 9.97 Å². The van der Waals surface area contributed by atoms with E-state index < -0.39 is 0 Å². The van der Waals surface area contributed by atoms with Crippen LogP contribution in [0.25, 0.3) is 0 Å². The number of aryl methyl sites for hydroxylation is 1. The number of aromatic nitrogens is 2. The first-order valence-corrected chi connectivity index (χ1v) is 3.89. The molecule has 14 heavy (non-hydrogen) atoms. The second kappa shape index (κ2) is 3.46. The molecule has 7 nitrogen and oxygen atoms in total. The van der Waals surface area contributed by atoms with Gasteiger partial charge in [0.15, 0.2) is 5.82 Å². The molecular formula is C7H12N6O. The second-order valence-corrected chi connectivity index (χ2v) is 2.79. The lowest BCUT2D eigenvalue weighted by atomic mass is 10.3. The van der Waals surface area contributed by atoms with E-state index >= 15 is 0 Å². The Hall–Kier alpha value is -1.89. The third-order valence-corrected chi connectivity index (χ3v) is 1.80. The van der Waals surface area contributed by atoms with E-state index in [0.29, 0.717) is 18.2 Å². The van der Waals surface area contributed by atoms with Gasteiger partial charge >= 0.3 is 0 Å². The van der Waals surface area contributed by atoms with Gasteiger partial charge < -0.3 is 21.8 Å². The molecule has 0 radical (unpaired) electrons. The summed E-state index contributed by atoms with van der Waals surface area (Å²) in [4.78, 5) is 8.24. The Morgan fingerprint density at radius 3 is 2.79 bits per heavy atom. The number of hydrogen-bond donors (Lipinski definition) is 4. The van der Waals surface area contributed by atoms with Gasteiger partial charge in [0, 0.05) is 0 Å². The molecule has 0 unspecified atom stereocenters. The number of fused-ring (bicyclic) bond motifs is 1. The molecule has 2 rings (SSSR count). The molecular weight excluding hydrogens is 184 g/mol. The van der Waals surface area contributed by atoms with Crippen LogP contribution in [-0.4, -0.2) is 27.9 Å². The molecule has 2 heterocycles. The van der Waals surface area contributed by atoms with Crippen LogP contribution >= 0.6 is 0 Å². The Labute approximate surface area is 80.6 Å². The quantitative estimate of drug-likeness (QED) is 0.339. The lowest BCUT2D eigenvalue weighted by Gasteiger charge is -2.05. The molecule has 1 aliphatic heterocycles. The number of hydrogen-bond acceptors (Lipinski definition) is 5. The number of nitrogens with two attached hydrogens (primary N) is 1. The van der Waals surface area contributed by atoms with Crippen molar-refractivity contribution in [3.63, 3.8) is 0 Å². The van der Waals surface area contributed by atoms with Crippen LogP contribution in [0, 0.1) is 12.3 Å². The minimum absolute atomic E-state index is 0. The van der Waals surface area contributed by atoms with E-state index in [1.165, 1.54) is 0 Å². The van der Waals surface area contributed by atoms with Gasteiger partial charge in [0.05, 0.1) is 6.67 Å². The van der Waals surface area contributed by atoms with Crippen molar-refractivity contribution in [2.24, 2.45) is 5.73 Å². The van der Waals surface area contributed by atoms with Crippen LogP contribution in [-0.2, 0) is 0 Å². The zero-order valence-electron chi connectivity index (χ0n) is 7.68. The second-order valence-electron chi connectivity index (χ2n) is 2.79. The fraction of sp³-hybridized carbons (Fsp3) is 0.286. The predicted octanol–water partition coefficient (Wildman–Crippen LogP) is -0.961. The molecule has 1 aromatic rings. The smallest absolute Gasteiger partial charge is 0.155 e. The van der Waals surface area contributed by atoms with Crippen LogP contribution < -0.4 is 16.4 Å². The van der Waals surface area contributed by atoms with Crippen molar-refractivity contribution >= 4 is 17.3 Å². The molecule has 0 aliphatic carbocycles. The van der Waals surface area contributed by atoms with E-state index in [4.69, 9.17) is 11.1 Å². The molecule has 0 saturated carbocycles. The highest BCUT2D eigenvalue weighted by Crippen LogP contribution is 2.26. The highest BCUT2D eigenvalue weighted by molar-refractivity contribution is 6.01. The summed E-state index contributed by atoms with van der Waals surface area (Å²) in [6.07, 6.45) is 0. The number of nitrogen functional groups attached to an aromatic ring is 1. The SMILES string of the molecule is Cc1nc2c(c(C(=N)N)n1)NCN2.O. The van der Waals surface area contributed by atoms with E-state index in [-0.39, 0.29) is 11.3 Å². The summed E-state index contributed by atoms with van der Waals surface area (Å²) in [6.45, 7) is 2.38. The predicted molar refractivity (Wildman–Crippen MR) is 53.5 cm³/mol. The van der Waals surface area contributed by atoms with Crippen molar-refractivity contribution < 1.29 is 5.48 Å². The summed E-state index contributed by atoms with van der Waals surface area (Å²) in [5.41, 5.74) is 6.57. The Morgan fingerprint density at radius 1 is 1.43 bits per heavy atom. The summed E-state index contributed by atoms with van der Waals surface area (Å²) in [6, 6.07) is 0. The Morgan fingerprint density at radius 2 is 2.14 bits per heavy atom. The van der Waals surface area contributed by atoms with Crippen molar-refractivity contribution in [3.05, 3.63) is 11.5 Å². The van der Waals surface area contributed by atoms with Gasteiger partial charge in [-0.05, 0) is 6.92 Å². The van der Waals surface area contributed by atoms with Crippen LogP contribution in [0.2, 0.25) is 0 Å². The summed E-state index contributed by atoms with van der Waals surface area (Å²) >= 11 is 0. The van der Waals surface area contributed by atoms with E-state index in [0.717, 1.165) is 11.5 Å². The third-order valence-electron chi connectivity index (χ3n) is 1.80. The number of rotatable bonds is 1. The standard InChI is InChI=1S/C7H10N6.H2O/c1-3-12-4(6(8)9)5-7(13-3)11-2-10-5;/h10H,2H2,1H3,(H3,8,9)(H,11,12,13);1H2. The first kappa shape index (κ1) is 10.2. The molecule has 0 saturated heterocycles. The van der Waals surface area contributed by atoms with Gasteiger partial charge in [-0.15, -0.1) is 0 Å². The van der Waals surface area contributed by atoms with Crippen molar-refractivity contribution in [1.82, 2.24) is 9.97 Å². The third kappa shape index (κ3) is 1.44. The fourth-order valence-corrected chi connectivity index (χ4v) is 1.28. The molecule has 7 heteroatoms. The first-order valence-electron chi connectivity index (χ1n) is 3.89. The number of anilines is 2. The first-order chi connectivity index (χ1) is 6.18. The molecule has 0 spiro atoms. The van der Waals surface area contributed by atoms with E-state index in [9.17, 15) is 0 Å². The summed E-state index contributed by atoms with van der Waals surface area (Å²) in [5.74, 6) is 1.29. The summed E-state index contributed by atoms with van der Waals surface area (Å²) in [5, 5.41) is 13.4. The molecule has 0 atom stereocenters. The highest BCUT2D eigenvalue weighted by atomic mass is 16.0. The number of nitrogens with one attached hydrogen (secondary N) is 3. The Balaban J connectivity index is 0.000000980. The van der Waals surface area contributed by atoms with Crippen LogP contribution in [0.1, 0.15) is 11.5 Å². The highest BCUT2D eigenvalue weighted by Gasteiger charge is 2.18. The lowest BCUT2D eigenvalue weighted by molar-refractivity contribution is 0.824. The molecule has 7 N–H and O–H groups in total. The maximum absolute atomic E-state index is 7.32. The molecule has 0 amide bonds. The van der Waals surface area contributed by atoms with E-state index in [2.05, 4.69) is 20.6 Å². The average Bonchev–Trinajstić information content (AvgIpc) is 2.49. The molecule has 76 valence electrons. The Bertz CT molecular complexity index is 377. The van der Waals surface area contributed by atoms with Gasteiger partial charge in [-0.1, -0.05) is 0 Å². The maximum Gasteiger partial charge on any atom is 0.155 e. The van der Waals surface area contributed by atoms with Gasteiger partial charge in [0.25, 0.3) is 0 Å². The van der Waals surface area contributed by atoms with Crippen molar-refractivity contribution in [2.75, 3.05) is 17.3 Å². The zero-order chi connectivity index (χ0) is 9.42. The van der Waals surface area contributed by atoms with Gasteiger partial charge in [0.1, 0.15) is 23.0 Å². The lowest BCUT2D eigenvalue weighted by Crippen LogP contribution is -2.16. The van der Waals surface area contributed by atoms with Gasteiger partial charge in [-0.2, -0.15) is 0 Å². The normalized spacial score (nSPS) is 12.1. The topological polar surface area (TPSA) is 131 Å². The van der Waals surface area contributed by atoms with Crippen LogP contribution in [0.15, 0.2) is 0 Å². The maximum atomic E-state index is 7.32. The fourth-order valence-electron chi connectivity index (χ4n) is 1.28. The Kier molecular flexibility index (Phi) is 2.52. The monoisotopic (exact) mass is 196 g/mol. The van der Waals surface area contributed by atoms with Crippen LogP contribution in [0.5, 0.6) is 0 Å². The minimum Gasteiger partial charge on any atom is -0.412 e. The van der Waals surface area contributed by atoms with Crippen molar-refractivity contribution in [1.29, 1.82) is 5.41 Å². The van der Waals surface area contributed by atoms with E-state index in [1.807, 2.05) is 0 Å². The van der Waals surface area contributed by atoms with Crippen LogP contribution in [0.3, 0.4) is 0 Å². The molecule has 0 aromatic carbocycles.